The van der Waals surface area contributed by atoms with Crippen molar-refractivity contribution >= 4 is 24.8 Å². The van der Waals surface area contributed by atoms with E-state index in [0.29, 0.717) is 11.2 Å². The summed E-state index contributed by atoms with van der Waals surface area (Å²) in [5.41, 5.74) is 6.33. The molecule has 0 saturated carbocycles. The van der Waals surface area contributed by atoms with E-state index < -0.39 is 39.0 Å². The number of imidazole rings is 1. The van der Waals surface area contributed by atoms with E-state index in [2.05, 4.69) is 24.0 Å². The fourth-order valence-electron chi connectivity index (χ4n) is 2.37. The van der Waals surface area contributed by atoms with Gasteiger partial charge in [0.1, 0.15) is 30.2 Å². The van der Waals surface area contributed by atoms with Crippen molar-refractivity contribution in [1.29, 1.82) is 0 Å². The molecule has 2 aromatic heterocycles. The first-order chi connectivity index (χ1) is 11.3. The van der Waals surface area contributed by atoms with Crippen molar-refractivity contribution in [3.63, 3.8) is 0 Å². The van der Waals surface area contributed by atoms with Crippen LogP contribution in [0.15, 0.2) is 12.7 Å². The van der Waals surface area contributed by atoms with E-state index in [9.17, 15) is 19.7 Å². The Morgan fingerprint density at radius 2 is 2.08 bits per heavy atom. The predicted molar refractivity (Wildman–Crippen MR) is 78.4 cm³/mol. The summed E-state index contributed by atoms with van der Waals surface area (Å²) in [7, 11) is -3.22. The number of nitrogens with zero attached hydrogens (tertiary/aromatic N) is 4. The second-order valence-corrected chi connectivity index (χ2v) is 6.64. The molecule has 0 aliphatic carbocycles. The van der Waals surface area contributed by atoms with Gasteiger partial charge in [-0.05, 0) is 0 Å². The number of rotatable bonds is 5. The zero-order valence-corrected chi connectivity index (χ0v) is 16.4. The van der Waals surface area contributed by atoms with Gasteiger partial charge >= 0.3 is 37.4 Å². The molecule has 2 aromatic rings. The van der Waals surface area contributed by atoms with E-state index in [0.717, 1.165) is 7.11 Å². The minimum absolute atomic E-state index is 0. The third-order valence-corrected chi connectivity index (χ3v) is 4.57. The minimum Gasteiger partial charge on any atom is -0.387 e. The van der Waals surface area contributed by atoms with Crippen molar-refractivity contribution in [2.75, 3.05) is 19.5 Å². The van der Waals surface area contributed by atoms with Gasteiger partial charge in [0.25, 0.3) is 0 Å². The summed E-state index contributed by atoms with van der Waals surface area (Å²) in [6.07, 6.45) is -2.22. The second kappa shape index (κ2) is 7.92. The number of aliphatic hydroxyl groups is 2. The van der Waals surface area contributed by atoms with Gasteiger partial charge in [-0.25, -0.2) is 19.5 Å². The second-order valence-electron chi connectivity index (χ2n) is 5.08. The first-order valence-electron chi connectivity index (χ1n) is 6.81. The summed E-state index contributed by atoms with van der Waals surface area (Å²) in [5.74, 6) is 0.160. The number of aromatic nitrogens is 4. The molecule has 5 unspecified atom stereocenters. The number of hydrogen-bond donors (Lipinski definition) is 4. The first kappa shape index (κ1) is 20.6. The molecule has 1 aliphatic heterocycles. The Labute approximate surface area is 163 Å². The molecule has 5 atom stereocenters. The molecular weight excluding hydrogens is 368 g/mol. The van der Waals surface area contributed by atoms with Gasteiger partial charge in [0.2, 0.25) is 0 Å². The van der Waals surface area contributed by atoms with E-state index >= 15 is 0 Å². The summed E-state index contributed by atoms with van der Waals surface area (Å²) in [4.78, 5) is 21.1. The maximum absolute atomic E-state index is 11.3. The SMILES string of the molecule is COP(=O)(O)OCC1OC(n2cnc3c(N)ncnc32)C(O)C1O.[Na+]. The summed E-state index contributed by atoms with van der Waals surface area (Å²) < 4.78 is 27.2. The van der Waals surface area contributed by atoms with Crippen LogP contribution in [0.4, 0.5) is 5.82 Å². The van der Waals surface area contributed by atoms with Crippen LogP contribution >= 0.6 is 7.82 Å². The number of hydrogen-bond acceptors (Lipinski definition) is 10. The zero-order chi connectivity index (χ0) is 17.5. The molecule has 0 bridgehead atoms. The number of phosphoric ester groups is 1. The molecule has 1 aliphatic rings. The van der Waals surface area contributed by atoms with Crippen molar-refractivity contribution < 1.29 is 63.0 Å². The predicted octanol–water partition coefficient (Wildman–Crippen LogP) is -4.20. The van der Waals surface area contributed by atoms with Crippen LogP contribution < -0.4 is 35.3 Å². The van der Waals surface area contributed by atoms with Crippen LogP contribution in [-0.4, -0.2) is 66.7 Å². The van der Waals surface area contributed by atoms with Crippen molar-refractivity contribution in [2.45, 2.75) is 24.5 Å². The molecule has 1 fully saturated rings. The number of fused-ring (bicyclic) bond motifs is 1. The van der Waals surface area contributed by atoms with Crippen LogP contribution in [0, 0.1) is 0 Å². The van der Waals surface area contributed by atoms with Gasteiger partial charge in [0, 0.05) is 7.11 Å². The third kappa shape index (κ3) is 4.03. The normalized spacial score (nSPS) is 28.6. The molecule has 3 heterocycles. The van der Waals surface area contributed by atoms with Crippen LogP contribution in [0.5, 0.6) is 0 Å². The van der Waals surface area contributed by atoms with Crippen molar-refractivity contribution in [3.05, 3.63) is 12.7 Å². The Balaban J connectivity index is 0.00000225. The standard InChI is InChI=1S/C11H16N5O7P.Na/c1-21-24(19,20)22-2-5-7(17)8(18)11(23-5)16-4-15-6-9(12)13-3-14-10(6)16;/h3-5,7-8,11,17-18H,2H2,1H3,(H,19,20)(H2,12,13,14);/q;+1. The van der Waals surface area contributed by atoms with Gasteiger partial charge in [-0.15, -0.1) is 0 Å². The summed E-state index contributed by atoms with van der Waals surface area (Å²) in [6.45, 7) is -0.458. The van der Waals surface area contributed by atoms with Gasteiger partial charge < -0.3 is 25.6 Å². The van der Waals surface area contributed by atoms with Crippen LogP contribution in [0.25, 0.3) is 11.2 Å². The fourth-order valence-corrected chi connectivity index (χ4v) is 2.81. The molecule has 0 amide bonds. The molecule has 3 rings (SSSR count). The maximum Gasteiger partial charge on any atom is 1.00 e. The molecule has 0 spiro atoms. The largest absolute Gasteiger partial charge is 1.00 e. The first-order valence-corrected chi connectivity index (χ1v) is 8.31. The molecule has 0 radical (unpaired) electrons. The Morgan fingerprint density at radius 3 is 2.76 bits per heavy atom. The monoisotopic (exact) mass is 384 g/mol. The van der Waals surface area contributed by atoms with E-state index in [1.165, 1.54) is 17.2 Å². The summed E-state index contributed by atoms with van der Waals surface area (Å²) in [6, 6.07) is 0. The Bertz CT molecular complexity index is 791. The average molecular weight is 384 g/mol. The van der Waals surface area contributed by atoms with E-state index in [-0.39, 0.29) is 35.4 Å². The van der Waals surface area contributed by atoms with Crippen LogP contribution in [0.1, 0.15) is 6.23 Å². The third-order valence-electron chi connectivity index (χ3n) is 3.63. The number of aliphatic hydroxyl groups excluding tert-OH is 2. The maximum atomic E-state index is 11.3. The van der Waals surface area contributed by atoms with Crippen LogP contribution in [0.2, 0.25) is 0 Å². The quantitative estimate of drug-likeness (QED) is 0.290. The topological polar surface area (TPSA) is 175 Å². The minimum atomic E-state index is -4.23. The van der Waals surface area contributed by atoms with Crippen molar-refractivity contribution in [1.82, 2.24) is 19.5 Å². The number of nitrogen functional groups attached to an aromatic ring is 1. The van der Waals surface area contributed by atoms with Crippen LogP contribution in [0.3, 0.4) is 0 Å². The fraction of sp³-hybridized carbons (Fsp3) is 0.545. The molecule has 0 aromatic carbocycles. The Kier molecular flexibility index (Phi) is 6.55. The molecule has 12 nitrogen and oxygen atoms in total. The smallest absolute Gasteiger partial charge is 0.387 e. The van der Waals surface area contributed by atoms with Crippen molar-refractivity contribution in [2.24, 2.45) is 0 Å². The van der Waals surface area contributed by atoms with E-state index in [1.807, 2.05) is 0 Å². The average Bonchev–Trinajstić information content (AvgIpc) is 3.10. The van der Waals surface area contributed by atoms with Gasteiger partial charge in [-0.1, -0.05) is 0 Å². The van der Waals surface area contributed by atoms with Gasteiger partial charge in [-0.3, -0.25) is 13.6 Å². The molecule has 132 valence electrons. The van der Waals surface area contributed by atoms with E-state index in [4.69, 9.17) is 10.5 Å². The Hall–Kier alpha value is -0.660. The number of anilines is 1. The molecule has 1 saturated heterocycles. The number of nitrogens with two attached hydrogens (primary N) is 1. The van der Waals surface area contributed by atoms with Crippen LogP contribution in [-0.2, 0) is 18.3 Å². The summed E-state index contributed by atoms with van der Waals surface area (Å²) in [5, 5.41) is 20.3. The van der Waals surface area contributed by atoms with Gasteiger partial charge in [0.15, 0.2) is 17.7 Å². The molecule has 25 heavy (non-hydrogen) atoms. The zero-order valence-electron chi connectivity index (χ0n) is 13.5. The molecule has 14 heteroatoms. The molecule has 5 N–H and O–H groups in total. The van der Waals surface area contributed by atoms with Gasteiger partial charge in [-0.2, -0.15) is 0 Å². The summed E-state index contributed by atoms with van der Waals surface area (Å²) >= 11 is 0. The Morgan fingerprint density at radius 1 is 1.36 bits per heavy atom. The van der Waals surface area contributed by atoms with Gasteiger partial charge in [0.05, 0.1) is 12.9 Å². The number of phosphoric acid groups is 1. The number of ether oxygens (including phenoxy) is 1. The van der Waals surface area contributed by atoms with Crippen molar-refractivity contribution in [3.8, 4) is 0 Å². The molecular formula is C11H16N5NaO7P+. The van der Waals surface area contributed by atoms with E-state index in [1.54, 1.807) is 0 Å².